The van der Waals surface area contributed by atoms with Crippen LogP contribution in [0.3, 0.4) is 0 Å². The van der Waals surface area contributed by atoms with E-state index < -0.39 is 10.2 Å². The Morgan fingerprint density at radius 3 is 0.812 bits per heavy atom. The van der Waals surface area contributed by atoms with Gasteiger partial charge in [-0.15, -0.1) is 0 Å². The predicted octanol–water partition coefficient (Wildman–Crippen LogP) is -3.69. The molecule has 3 fully saturated rings. The van der Waals surface area contributed by atoms with Gasteiger partial charge >= 0.3 is 0 Å². The number of hydrogen-bond acceptors (Lipinski definition) is 6. The minimum Gasteiger partial charge on any atom is -0.356 e. The molecule has 10 nitrogen and oxygen atoms in total. The zero-order valence-electron chi connectivity index (χ0n) is 8.59. The van der Waals surface area contributed by atoms with Crippen LogP contribution in [0.2, 0.25) is 0 Å². The SMILES string of the molecule is C1C[NH+]2CC[NH+]1CC2.O=[N+]([O-])[O-].O=[N+]([O-])[O-]. The molecule has 0 radical (unpaired) electrons. The summed E-state index contributed by atoms with van der Waals surface area (Å²) in [6.45, 7) is 8.64. The molecule has 3 saturated heterocycles. The first-order valence-corrected chi connectivity index (χ1v) is 4.72. The van der Waals surface area contributed by atoms with Crippen molar-refractivity contribution in [3.05, 3.63) is 30.6 Å². The highest BCUT2D eigenvalue weighted by Gasteiger charge is 2.29. The number of rotatable bonds is 0. The van der Waals surface area contributed by atoms with Gasteiger partial charge in [0.15, 0.2) is 0 Å². The Morgan fingerprint density at radius 1 is 0.625 bits per heavy atom. The van der Waals surface area contributed by atoms with Gasteiger partial charge in [-0.25, -0.2) is 0 Å². The lowest BCUT2D eigenvalue weighted by molar-refractivity contribution is -1.06. The molecule has 16 heavy (non-hydrogen) atoms. The number of nitrogens with one attached hydrogen (secondary N) is 2. The van der Waals surface area contributed by atoms with E-state index in [2.05, 4.69) is 0 Å². The zero-order chi connectivity index (χ0) is 12.6. The van der Waals surface area contributed by atoms with Gasteiger partial charge in [0.2, 0.25) is 0 Å². The standard InChI is InChI=1S/C6H12N2.2NO3/c1-2-8-5-3-7(1)4-6-8;2*2-1(3)4/h1-6H2;;/q;2*-1/p+2. The molecule has 0 aromatic rings. The summed E-state index contributed by atoms with van der Waals surface area (Å²) >= 11 is 0. The van der Waals surface area contributed by atoms with Gasteiger partial charge in [0.05, 0.1) is 10.2 Å². The van der Waals surface area contributed by atoms with Crippen LogP contribution >= 0.6 is 0 Å². The lowest BCUT2D eigenvalue weighted by Crippen LogP contribution is -3.35. The van der Waals surface area contributed by atoms with Gasteiger partial charge in [-0.1, -0.05) is 0 Å². The van der Waals surface area contributed by atoms with Crippen molar-refractivity contribution in [2.45, 2.75) is 0 Å². The quantitative estimate of drug-likeness (QED) is 0.328. The van der Waals surface area contributed by atoms with Crippen molar-refractivity contribution in [1.82, 2.24) is 0 Å². The lowest BCUT2D eigenvalue weighted by atomic mass is 10.2. The second-order valence-electron chi connectivity index (χ2n) is 3.45. The molecule has 0 saturated carbocycles. The summed E-state index contributed by atoms with van der Waals surface area (Å²) in [5.41, 5.74) is 0. The van der Waals surface area contributed by atoms with Crippen LogP contribution < -0.4 is 9.80 Å². The third-order valence-corrected chi connectivity index (χ3v) is 2.50. The van der Waals surface area contributed by atoms with Crippen LogP contribution in [-0.2, 0) is 0 Å². The molecule has 3 aliphatic rings. The van der Waals surface area contributed by atoms with Crippen LogP contribution in [0, 0.1) is 30.6 Å². The third kappa shape index (κ3) is 8.90. The van der Waals surface area contributed by atoms with Gasteiger partial charge in [0.25, 0.3) is 0 Å². The van der Waals surface area contributed by atoms with Crippen LogP contribution in [0.4, 0.5) is 0 Å². The zero-order valence-corrected chi connectivity index (χ0v) is 8.59. The fourth-order valence-corrected chi connectivity index (χ4v) is 1.81. The molecule has 0 spiro atoms. The number of fused-ring (bicyclic) bond motifs is 3. The predicted molar refractivity (Wildman–Crippen MR) is 51.9 cm³/mol. The molecule has 94 valence electrons. The number of nitrogens with zero attached hydrogens (tertiary/aromatic N) is 2. The summed E-state index contributed by atoms with van der Waals surface area (Å²) in [5.74, 6) is 0. The Labute approximate surface area is 90.9 Å². The topological polar surface area (TPSA) is 141 Å². The molecule has 0 atom stereocenters. The number of quaternary nitrogens is 2. The second-order valence-corrected chi connectivity index (χ2v) is 3.45. The smallest absolute Gasteiger partial charge is 0.127 e. The van der Waals surface area contributed by atoms with Crippen molar-refractivity contribution in [2.75, 3.05) is 39.3 Å². The maximum atomic E-state index is 8.25. The largest absolute Gasteiger partial charge is 0.356 e. The molecule has 0 aromatic carbocycles. The molecule has 0 aromatic heterocycles. The maximum absolute atomic E-state index is 8.25. The first-order valence-electron chi connectivity index (χ1n) is 4.72. The molecular weight excluding hydrogens is 224 g/mol. The average molecular weight is 238 g/mol. The highest BCUT2D eigenvalue weighted by atomic mass is 16.9. The van der Waals surface area contributed by atoms with Crippen molar-refractivity contribution in [3.8, 4) is 0 Å². The van der Waals surface area contributed by atoms with Crippen molar-refractivity contribution in [1.29, 1.82) is 0 Å². The average Bonchev–Trinajstić information content (AvgIpc) is 2.19. The summed E-state index contributed by atoms with van der Waals surface area (Å²) in [5, 5.41) is 29.5. The van der Waals surface area contributed by atoms with Gasteiger partial charge in [0, 0.05) is 0 Å². The summed E-state index contributed by atoms with van der Waals surface area (Å²) in [6, 6.07) is 0. The van der Waals surface area contributed by atoms with E-state index in [0.29, 0.717) is 0 Å². The van der Waals surface area contributed by atoms with E-state index in [4.69, 9.17) is 30.6 Å². The Hall–Kier alpha value is -1.68. The Kier molecular flexibility index (Phi) is 6.79. The Morgan fingerprint density at radius 2 is 0.750 bits per heavy atom. The van der Waals surface area contributed by atoms with Crippen molar-refractivity contribution in [2.24, 2.45) is 0 Å². The van der Waals surface area contributed by atoms with Gasteiger partial charge in [-0.3, -0.25) is 0 Å². The summed E-state index contributed by atoms with van der Waals surface area (Å²) in [6.07, 6.45) is 0. The minimum absolute atomic E-state index is 1.44. The molecule has 0 unspecified atom stereocenters. The molecular formula is C6H14N4O6. The van der Waals surface area contributed by atoms with Crippen molar-refractivity contribution >= 4 is 0 Å². The van der Waals surface area contributed by atoms with Crippen molar-refractivity contribution < 1.29 is 20.0 Å². The molecule has 2 bridgehead atoms. The van der Waals surface area contributed by atoms with Gasteiger partial charge in [-0.2, -0.15) is 0 Å². The Bertz CT molecular complexity index is 186. The lowest BCUT2D eigenvalue weighted by Gasteiger charge is -2.35. The fourth-order valence-electron chi connectivity index (χ4n) is 1.81. The summed E-state index contributed by atoms with van der Waals surface area (Å²) < 4.78 is 0. The molecule has 10 heteroatoms. The van der Waals surface area contributed by atoms with Crippen LogP contribution in [0.5, 0.6) is 0 Å². The van der Waals surface area contributed by atoms with E-state index in [9.17, 15) is 0 Å². The monoisotopic (exact) mass is 238 g/mol. The van der Waals surface area contributed by atoms with Gasteiger partial charge in [0.1, 0.15) is 39.3 Å². The highest BCUT2D eigenvalue weighted by Crippen LogP contribution is 1.64. The van der Waals surface area contributed by atoms with Crippen LogP contribution in [0.15, 0.2) is 0 Å². The normalized spacial score (nSPS) is 25.5. The Balaban J connectivity index is 0.000000244. The maximum Gasteiger partial charge on any atom is 0.127 e. The first-order chi connectivity index (χ1) is 7.41. The minimum atomic E-state index is -1.75. The highest BCUT2D eigenvalue weighted by molar-refractivity contribution is 4.44. The van der Waals surface area contributed by atoms with Crippen LogP contribution in [0.1, 0.15) is 0 Å². The first kappa shape index (κ1) is 14.3. The number of piperazine rings is 3. The van der Waals surface area contributed by atoms with E-state index in [0.717, 1.165) is 0 Å². The molecule has 2 N–H and O–H groups in total. The van der Waals surface area contributed by atoms with Gasteiger partial charge < -0.3 is 40.4 Å². The molecule has 3 aliphatic heterocycles. The summed E-state index contributed by atoms with van der Waals surface area (Å²) in [4.78, 5) is 20.2. The van der Waals surface area contributed by atoms with E-state index in [1.807, 2.05) is 9.80 Å². The van der Waals surface area contributed by atoms with Crippen molar-refractivity contribution in [3.63, 3.8) is 0 Å². The van der Waals surface area contributed by atoms with Gasteiger partial charge in [-0.05, 0) is 0 Å². The van der Waals surface area contributed by atoms with E-state index in [1.165, 1.54) is 39.3 Å². The summed E-state index contributed by atoms with van der Waals surface area (Å²) in [7, 11) is 0. The van der Waals surface area contributed by atoms with Crippen LogP contribution in [0.25, 0.3) is 0 Å². The van der Waals surface area contributed by atoms with Crippen LogP contribution in [-0.4, -0.2) is 49.4 Å². The molecule has 0 aliphatic carbocycles. The molecule has 3 heterocycles. The molecule has 3 rings (SSSR count). The second kappa shape index (κ2) is 7.59. The molecule has 0 amide bonds. The van der Waals surface area contributed by atoms with E-state index in [-0.39, 0.29) is 0 Å². The number of hydrogen-bond donors (Lipinski definition) is 2. The van der Waals surface area contributed by atoms with E-state index in [1.54, 1.807) is 0 Å². The fraction of sp³-hybridized carbons (Fsp3) is 1.00. The third-order valence-electron chi connectivity index (χ3n) is 2.50. The van der Waals surface area contributed by atoms with E-state index >= 15 is 0 Å².